The number of nitrogens with zero attached hydrogens (tertiary/aromatic N) is 1. The molecule has 0 amide bonds. The van der Waals surface area contributed by atoms with E-state index in [2.05, 4.69) is 32.5 Å². The van der Waals surface area contributed by atoms with Crippen molar-refractivity contribution >= 4 is 5.57 Å². The lowest BCUT2D eigenvalue weighted by Crippen LogP contribution is -2.30. The van der Waals surface area contributed by atoms with Crippen LogP contribution in [0.3, 0.4) is 0 Å². The third-order valence-corrected chi connectivity index (χ3v) is 5.27. The summed E-state index contributed by atoms with van der Waals surface area (Å²) in [6, 6.07) is 14.7. The number of rotatable bonds is 4. The van der Waals surface area contributed by atoms with E-state index in [4.69, 9.17) is 11.3 Å². The zero-order valence-corrected chi connectivity index (χ0v) is 17.2. The van der Waals surface area contributed by atoms with Crippen molar-refractivity contribution in [3.63, 3.8) is 0 Å². The Bertz CT molecular complexity index is 881. The Morgan fingerprint density at radius 1 is 0.929 bits per heavy atom. The van der Waals surface area contributed by atoms with Crippen LogP contribution in [0, 0.1) is 23.2 Å². The maximum atomic E-state index is 13.6. The first-order valence-electron chi connectivity index (χ1n) is 9.74. The van der Waals surface area contributed by atoms with Crippen molar-refractivity contribution in [1.29, 1.82) is 0 Å². The first-order chi connectivity index (χ1) is 13.2. The van der Waals surface area contributed by atoms with E-state index in [1.54, 1.807) is 0 Å². The second kappa shape index (κ2) is 7.80. The molecule has 1 aliphatic carbocycles. The SMILES string of the molecule is [C-]#[N+]COc1ccc(C(=C2CC(C)(C)CC(C)(C)C2)c2ccc(F)cc2)cc1. The fraction of sp³-hybridized carbons (Fsp3) is 0.400. The average molecular weight is 378 g/mol. The molecule has 146 valence electrons. The molecule has 0 heterocycles. The second-order valence-electron chi connectivity index (χ2n) is 9.30. The van der Waals surface area contributed by atoms with E-state index in [1.165, 1.54) is 29.7 Å². The summed E-state index contributed by atoms with van der Waals surface area (Å²) in [5.41, 5.74) is 5.20. The van der Waals surface area contributed by atoms with Crippen molar-refractivity contribution in [1.82, 2.24) is 0 Å². The molecule has 0 aliphatic heterocycles. The van der Waals surface area contributed by atoms with Gasteiger partial charge in [-0.15, -0.1) is 0 Å². The molecular formula is C25H28FNO. The lowest BCUT2D eigenvalue weighted by atomic mass is 9.62. The van der Waals surface area contributed by atoms with Crippen molar-refractivity contribution in [2.24, 2.45) is 10.8 Å². The van der Waals surface area contributed by atoms with Crippen LogP contribution < -0.4 is 4.74 Å². The van der Waals surface area contributed by atoms with Crippen molar-refractivity contribution in [3.8, 4) is 5.75 Å². The maximum absolute atomic E-state index is 13.6. The molecule has 3 rings (SSSR count). The van der Waals surface area contributed by atoms with Crippen LogP contribution in [0.2, 0.25) is 0 Å². The Hall–Kier alpha value is -2.60. The quantitative estimate of drug-likeness (QED) is 0.517. The lowest BCUT2D eigenvalue weighted by molar-refractivity contribution is 0.154. The molecule has 2 nitrogen and oxygen atoms in total. The highest BCUT2D eigenvalue weighted by molar-refractivity contribution is 5.82. The van der Waals surface area contributed by atoms with E-state index in [0.717, 1.165) is 24.0 Å². The molecular weight excluding hydrogens is 349 g/mol. The van der Waals surface area contributed by atoms with Gasteiger partial charge in [0.25, 0.3) is 0 Å². The van der Waals surface area contributed by atoms with Gasteiger partial charge in [0.05, 0.1) is 0 Å². The number of benzene rings is 2. The summed E-state index contributed by atoms with van der Waals surface area (Å²) in [5.74, 6) is 0.466. The molecule has 0 atom stereocenters. The minimum Gasteiger partial charge on any atom is -0.426 e. The van der Waals surface area contributed by atoms with Crippen molar-refractivity contribution < 1.29 is 9.13 Å². The van der Waals surface area contributed by atoms with Gasteiger partial charge in [-0.05, 0) is 71.1 Å². The minimum atomic E-state index is -0.222. The van der Waals surface area contributed by atoms with Crippen LogP contribution in [0.25, 0.3) is 10.4 Å². The van der Waals surface area contributed by atoms with Gasteiger partial charge in [0.1, 0.15) is 11.6 Å². The molecule has 0 radical (unpaired) electrons. The van der Waals surface area contributed by atoms with E-state index >= 15 is 0 Å². The van der Waals surface area contributed by atoms with Crippen molar-refractivity contribution in [3.05, 3.63) is 82.5 Å². The van der Waals surface area contributed by atoms with Crippen LogP contribution in [-0.2, 0) is 0 Å². The Labute approximate surface area is 167 Å². The van der Waals surface area contributed by atoms with E-state index in [1.807, 2.05) is 36.4 Å². The fourth-order valence-electron chi connectivity index (χ4n) is 4.83. The highest BCUT2D eigenvalue weighted by Crippen LogP contribution is 2.50. The zero-order valence-electron chi connectivity index (χ0n) is 17.2. The highest BCUT2D eigenvalue weighted by Gasteiger charge is 2.37. The Kier molecular flexibility index (Phi) is 5.61. The molecule has 1 fully saturated rings. The van der Waals surface area contributed by atoms with Gasteiger partial charge < -0.3 is 4.74 Å². The third kappa shape index (κ3) is 4.81. The number of hydrogen-bond donors (Lipinski definition) is 0. The summed E-state index contributed by atoms with van der Waals surface area (Å²) in [6.07, 6.45) is 3.24. The van der Waals surface area contributed by atoms with Gasteiger partial charge in [-0.2, -0.15) is 0 Å². The number of allylic oxidation sites excluding steroid dienone is 1. The number of halogens is 1. The average Bonchev–Trinajstić information content (AvgIpc) is 2.60. The Balaban J connectivity index is 2.10. The number of ether oxygens (including phenoxy) is 1. The summed E-state index contributed by atoms with van der Waals surface area (Å²) in [4.78, 5) is 3.23. The molecule has 0 spiro atoms. The first-order valence-corrected chi connectivity index (χ1v) is 9.74. The van der Waals surface area contributed by atoms with Crippen LogP contribution >= 0.6 is 0 Å². The summed E-state index contributed by atoms with van der Waals surface area (Å²) in [7, 11) is 0. The van der Waals surface area contributed by atoms with Gasteiger partial charge in [-0.1, -0.05) is 57.5 Å². The maximum Gasteiger partial charge on any atom is 0.357 e. The van der Waals surface area contributed by atoms with E-state index in [0.29, 0.717) is 5.75 Å². The van der Waals surface area contributed by atoms with Crippen LogP contribution in [0.5, 0.6) is 5.75 Å². The predicted octanol–water partition coefficient (Wildman–Crippen LogP) is 7.12. The van der Waals surface area contributed by atoms with Gasteiger partial charge in [0.15, 0.2) is 0 Å². The van der Waals surface area contributed by atoms with Crippen LogP contribution in [0.15, 0.2) is 54.1 Å². The van der Waals surface area contributed by atoms with Crippen LogP contribution in [0.1, 0.15) is 58.1 Å². The van der Waals surface area contributed by atoms with Crippen molar-refractivity contribution in [2.75, 3.05) is 6.73 Å². The van der Waals surface area contributed by atoms with E-state index < -0.39 is 0 Å². The molecule has 0 unspecified atom stereocenters. The molecule has 3 heteroatoms. The smallest absolute Gasteiger partial charge is 0.357 e. The molecule has 0 saturated heterocycles. The number of hydrogen-bond acceptors (Lipinski definition) is 1. The Morgan fingerprint density at radius 3 is 1.93 bits per heavy atom. The van der Waals surface area contributed by atoms with E-state index in [-0.39, 0.29) is 23.4 Å². The lowest BCUT2D eigenvalue weighted by Gasteiger charge is -2.43. The molecule has 1 aliphatic rings. The minimum absolute atomic E-state index is 0.0215. The van der Waals surface area contributed by atoms with Crippen LogP contribution in [0.4, 0.5) is 4.39 Å². The monoisotopic (exact) mass is 377 g/mol. The largest absolute Gasteiger partial charge is 0.426 e. The molecule has 0 bridgehead atoms. The van der Waals surface area contributed by atoms with Gasteiger partial charge in [-0.3, -0.25) is 4.85 Å². The second-order valence-corrected chi connectivity index (χ2v) is 9.30. The molecule has 0 aromatic heterocycles. The zero-order chi connectivity index (χ0) is 20.4. The normalized spacial score (nSPS) is 17.6. The van der Waals surface area contributed by atoms with Gasteiger partial charge in [0.2, 0.25) is 0 Å². The molecule has 0 N–H and O–H groups in total. The molecule has 28 heavy (non-hydrogen) atoms. The summed E-state index contributed by atoms with van der Waals surface area (Å²) >= 11 is 0. The van der Waals surface area contributed by atoms with Gasteiger partial charge >= 0.3 is 6.73 Å². The third-order valence-electron chi connectivity index (χ3n) is 5.27. The summed E-state index contributed by atoms with van der Waals surface area (Å²) in [5, 5.41) is 0. The predicted molar refractivity (Wildman–Crippen MR) is 112 cm³/mol. The summed E-state index contributed by atoms with van der Waals surface area (Å²) in [6.45, 7) is 16.2. The van der Waals surface area contributed by atoms with Crippen LogP contribution in [-0.4, -0.2) is 6.73 Å². The Morgan fingerprint density at radius 2 is 1.43 bits per heavy atom. The first kappa shape index (κ1) is 20.1. The highest BCUT2D eigenvalue weighted by atomic mass is 19.1. The molecule has 2 aromatic rings. The van der Waals surface area contributed by atoms with Gasteiger partial charge in [0, 0.05) is 0 Å². The molecule has 1 saturated carbocycles. The van der Waals surface area contributed by atoms with Gasteiger partial charge in [-0.25, -0.2) is 11.0 Å². The molecule has 2 aromatic carbocycles. The van der Waals surface area contributed by atoms with Crippen molar-refractivity contribution in [2.45, 2.75) is 47.0 Å². The fourth-order valence-corrected chi connectivity index (χ4v) is 4.83. The standard InChI is InChI=1S/C25H28FNO/c1-24(2)14-20(15-25(3,4)16-24)23(18-6-10-21(26)11-7-18)19-8-12-22(13-9-19)28-17-27-5/h6-13H,14-17H2,1-4H3. The van der Waals surface area contributed by atoms with E-state index in [9.17, 15) is 4.39 Å². The summed E-state index contributed by atoms with van der Waals surface area (Å²) < 4.78 is 19.0. The topological polar surface area (TPSA) is 13.6 Å².